The van der Waals surface area contributed by atoms with Crippen LogP contribution >= 0.6 is 11.3 Å². The van der Waals surface area contributed by atoms with Crippen LogP contribution in [0.2, 0.25) is 0 Å². The van der Waals surface area contributed by atoms with Crippen LogP contribution in [-0.4, -0.2) is 28.2 Å². The lowest BCUT2D eigenvalue weighted by molar-refractivity contribution is -0.132. The number of aryl methyl sites for hydroxylation is 1. The fourth-order valence-electron chi connectivity index (χ4n) is 4.33. The van der Waals surface area contributed by atoms with Gasteiger partial charge in [0.1, 0.15) is 11.1 Å². The lowest BCUT2D eigenvalue weighted by atomic mass is 10.0. The summed E-state index contributed by atoms with van der Waals surface area (Å²) in [6, 6.07) is 19.3. The van der Waals surface area contributed by atoms with E-state index in [1.807, 2.05) is 35.4 Å². The van der Waals surface area contributed by atoms with Gasteiger partial charge in [-0.1, -0.05) is 36.4 Å². The molecule has 5 rings (SSSR count). The van der Waals surface area contributed by atoms with E-state index in [1.165, 1.54) is 11.3 Å². The van der Waals surface area contributed by atoms with Crippen molar-refractivity contribution in [3.05, 3.63) is 87.9 Å². The van der Waals surface area contributed by atoms with E-state index in [4.69, 9.17) is 0 Å². The summed E-state index contributed by atoms with van der Waals surface area (Å²) in [4.78, 5) is 31.6. The van der Waals surface area contributed by atoms with Gasteiger partial charge >= 0.3 is 0 Å². The number of benzene rings is 2. The van der Waals surface area contributed by atoms with Gasteiger partial charge < -0.3 is 15.2 Å². The number of hydrogen-bond donors (Lipinski definition) is 2. The van der Waals surface area contributed by atoms with Crippen LogP contribution in [0.4, 0.5) is 5.00 Å². The van der Waals surface area contributed by atoms with Crippen molar-refractivity contribution >= 4 is 39.1 Å². The van der Waals surface area contributed by atoms with E-state index in [1.54, 1.807) is 24.3 Å². The Balaban J connectivity index is 1.28. The molecule has 0 fully saturated rings. The molecule has 0 aliphatic carbocycles. The zero-order valence-corrected chi connectivity index (χ0v) is 18.7. The predicted octanol–water partition coefficient (Wildman–Crippen LogP) is 4.87. The zero-order chi connectivity index (χ0) is 22.8. The van der Waals surface area contributed by atoms with E-state index < -0.39 is 0 Å². The highest BCUT2D eigenvalue weighted by Crippen LogP contribution is 2.37. The van der Waals surface area contributed by atoms with Crippen molar-refractivity contribution in [2.45, 2.75) is 25.8 Å². The smallest absolute Gasteiger partial charge is 0.256 e. The molecule has 6 nitrogen and oxygen atoms in total. The van der Waals surface area contributed by atoms with Crippen molar-refractivity contribution in [3.63, 3.8) is 0 Å². The summed E-state index contributed by atoms with van der Waals surface area (Å²) >= 11 is 1.40. The second-order valence-electron chi connectivity index (χ2n) is 8.06. The van der Waals surface area contributed by atoms with Gasteiger partial charge in [-0.2, -0.15) is 5.26 Å². The molecule has 0 saturated heterocycles. The second-order valence-corrected chi connectivity index (χ2v) is 9.17. The van der Waals surface area contributed by atoms with Crippen LogP contribution in [0.3, 0.4) is 0 Å². The number of carbonyl (C=O) groups excluding carboxylic acids is 2. The average molecular weight is 455 g/mol. The SMILES string of the molecule is N#Cc1c(NC(=O)c2ccccc2)sc2c1CCN(C(=O)CCc1c[nH]c3ccccc13)C2. The van der Waals surface area contributed by atoms with Gasteiger partial charge in [0.25, 0.3) is 5.91 Å². The van der Waals surface area contributed by atoms with Crippen molar-refractivity contribution in [2.24, 2.45) is 0 Å². The van der Waals surface area contributed by atoms with Gasteiger partial charge in [0.2, 0.25) is 5.91 Å². The number of nitrogens with zero attached hydrogens (tertiary/aromatic N) is 2. The first kappa shape index (κ1) is 21.0. The fourth-order valence-corrected chi connectivity index (χ4v) is 5.53. The molecule has 1 aliphatic heterocycles. The van der Waals surface area contributed by atoms with Crippen LogP contribution in [0.25, 0.3) is 10.9 Å². The highest BCUT2D eigenvalue weighted by Gasteiger charge is 2.27. The number of anilines is 1. The molecule has 7 heteroatoms. The quantitative estimate of drug-likeness (QED) is 0.451. The molecule has 0 saturated carbocycles. The third-order valence-corrected chi connectivity index (χ3v) is 7.20. The number of aromatic amines is 1. The highest BCUT2D eigenvalue weighted by atomic mass is 32.1. The van der Waals surface area contributed by atoms with E-state index in [0.29, 0.717) is 48.5 Å². The van der Waals surface area contributed by atoms with Crippen molar-refractivity contribution in [3.8, 4) is 6.07 Å². The Morgan fingerprint density at radius 3 is 2.73 bits per heavy atom. The maximum atomic E-state index is 12.9. The number of rotatable bonds is 5. The van der Waals surface area contributed by atoms with Crippen LogP contribution in [-0.2, 0) is 24.2 Å². The number of amides is 2. The molecule has 2 N–H and O–H groups in total. The van der Waals surface area contributed by atoms with Gasteiger partial charge in [-0.25, -0.2) is 0 Å². The van der Waals surface area contributed by atoms with Gasteiger partial charge in [0.05, 0.1) is 12.1 Å². The number of hydrogen-bond acceptors (Lipinski definition) is 4. The summed E-state index contributed by atoms with van der Waals surface area (Å²) in [6.45, 7) is 1.06. The molecular weight excluding hydrogens is 432 g/mol. The fraction of sp³-hybridized carbons (Fsp3) is 0.192. The van der Waals surface area contributed by atoms with Crippen LogP contribution in [0.15, 0.2) is 60.8 Å². The number of H-pyrrole nitrogens is 1. The maximum absolute atomic E-state index is 12.9. The molecule has 2 aromatic heterocycles. The van der Waals surface area contributed by atoms with Gasteiger partial charge in [-0.05, 0) is 42.2 Å². The van der Waals surface area contributed by atoms with Gasteiger partial charge in [0.15, 0.2) is 0 Å². The molecule has 2 amide bonds. The largest absolute Gasteiger partial charge is 0.361 e. The van der Waals surface area contributed by atoms with Crippen molar-refractivity contribution in [1.82, 2.24) is 9.88 Å². The predicted molar refractivity (Wildman–Crippen MR) is 129 cm³/mol. The second kappa shape index (κ2) is 8.93. The Bertz CT molecular complexity index is 1380. The molecule has 0 bridgehead atoms. The number of nitrogens with one attached hydrogen (secondary N) is 2. The molecule has 4 aromatic rings. The van der Waals surface area contributed by atoms with E-state index in [2.05, 4.69) is 22.4 Å². The third kappa shape index (κ3) is 4.13. The Hall–Kier alpha value is -3.89. The molecule has 0 atom stereocenters. The Morgan fingerprint density at radius 2 is 1.91 bits per heavy atom. The number of carbonyl (C=O) groups is 2. The summed E-state index contributed by atoms with van der Waals surface area (Å²) in [5.74, 6) is -0.134. The molecule has 164 valence electrons. The Labute approximate surface area is 195 Å². The summed E-state index contributed by atoms with van der Waals surface area (Å²) in [6.07, 6.45) is 3.71. The maximum Gasteiger partial charge on any atom is 0.256 e. The van der Waals surface area contributed by atoms with Crippen LogP contribution in [0.1, 0.15) is 38.3 Å². The number of thiophene rings is 1. The normalized spacial score (nSPS) is 12.9. The van der Waals surface area contributed by atoms with Crippen LogP contribution in [0, 0.1) is 11.3 Å². The highest BCUT2D eigenvalue weighted by molar-refractivity contribution is 7.16. The lowest BCUT2D eigenvalue weighted by Gasteiger charge is -2.27. The standard InChI is InChI=1S/C26H22N4O2S/c27-14-21-20-12-13-30(24(31)11-10-18-15-28-22-9-5-4-8-19(18)22)16-23(20)33-26(21)29-25(32)17-6-2-1-3-7-17/h1-9,15,28H,10-13,16H2,(H,29,32). The molecular formula is C26H22N4O2S. The minimum absolute atomic E-state index is 0.104. The summed E-state index contributed by atoms with van der Waals surface area (Å²) in [5.41, 5.74) is 4.24. The number of fused-ring (bicyclic) bond motifs is 2. The number of nitriles is 1. The minimum Gasteiger partial charge on any atom is -0.361 e. The topological polar surface area (TPSA) is 89.0 Å². The van der Waals surface area contributed by atoms with Crippen LogP contribution < -0.4 is 5.32 Å². The van der Waals surface area contributed by atoms with E-state index in [9.17, 15) is 14.9 Å². The van der Waals surface area contributed by atoms with Crippen LogP contribution in [0.5, 0.6) is 0 Å². The summed E-state index contributed by atoms with van der Waals surface area (Å²) < 4.78 is 0. The van der Waals surface area contributed by atoms with Crippen molar-refractivity contribution in [1.29, 1.82) is 5.26 Å². The number of para-hydroxylation sites is 1. The molecule has 2 aromatic carbocycles. The first-order valence-electron chi connectivity index (χ1n) is 10.9. The average Bonchev–Trinajstić information content (AvgIpc) is 3.43. The molecule has 33 heavy (non-hydrogen) atoms. The Morgan fingerprint density at radius 1 is 1.12 bits per heavy atom. The van der Waals surface area contributed by atoms with Crippen molar-refractivity contribution in [2.75, 3.05) is 11.9 Å². The lowest BCUT2D eigenvalue weighted by Crippen LogP contribution is -2.35. The first-order chi connectivity index (χ1) is 16.1. The van der Waals surface area contributed by atoms with Gasteiger partial charge in [-0.3, -0.25) is 9.59 Å². The molecule has 1 aliphatic rings. The van der Waals surface area contributed by atoms with Gasteiger partial charge in [0, 0.05) is 40.5 Å². The van der Waals surface area contributed by atoms with E-state index in [0.717, 1.165) is 26.9 Å². The van der Waals surface area contributed by atoms with E-state index >= 15 is 0 Å². The number of aromatic nitrogens is 1. The monoisotopic (exact) mass is 454 g/mol. The molecule has 0 radical (unpaired) electrons. The minimum atomic E-state index is -0.239. The zero-order valence-electron chi connectivity index (χ0n) is 17.9. The Kier molecular flexibility index (Phi) is 5.68. The first-order valence-corrected chi connectivity index (χ1v) is 11.7. The summed E-state index contributed by atoms with van der Waals surface area (Å²) in [7, 11) is 0. The molecule has 0 spiro atoms. The van der Waals surface area contributed by atoms with Crippen molar-refractivity contribution < 1.29 is 9.59 Å². The van der Waals surface area contributed by atoms with E-state index in [-0.39, 0.29) is 11.8 Å². The molecule has 0 unspecified atom stereocenters. The van der Waals surface area contributed by atoms with Gasteiger partial charge in [-0.15, -0.1) is 11.3 Å². The third-order valence-electron chi connectivity index (χ3n) is 6.07. The molecule has 3 heterocycles. The summed E-state index contributed by atoms with van der Waals surface area (Å²) in [5, 5.41) is 14.3.